The van der Waals surface area contributed by atoms with Crippen molar-refractivity contribution in [3.05, 3.63) is 35.4 Å². The van der Waals surface area contributed by atoms with Crippen LogP contribution in [0.3, 0.4) is 0 Å². The van der Waals surface area contributed by atoms with Gasteiger partial charge >= 0.3 is 0 Å². The summed E-state index contributed by atoms with van der Waals surface area (Å²) in [5.41, 5.74) is 2.99. The lowest BCUT2D eigenvalue weighted by atomic mass is 9.71. The Labute approximate surface area is 96.5 Å². The van der Waals surface area contributed by atoms with Crippen molar-refractivity contribution in [1.82, 2.24) is 4.90 Å². The molecule has 1 aliphatic heterocycles. The minimum atomic E-state index is 0.445. The fourth-order valence-corrected chi connectivity index (χ4v) is 3.32. The highest BCUT2D eigenvalue weighted by Gasteiger charge is 2.38. The summed E-state index contributed by atoms with van der Waals surface area (Å²) in [4.78, 5) is 1.98. The fraction of sp³-hybridized carbons (Fsp3) is 0.500. The second kappa shape index (κ2) is 3.52. The van der Waals surface area contributed by atoms with Crippen LogP contribution in [0.2, 0.25) is 0 Å². The van der Waals surface area contributed by atoms with Crippen molar-refractivity contribution >= 4 is 0 Å². The van der Waals surface area contributed by atoms with Crippen molar-refractivity contribution in [2.45, 2.75) is 31.7 Å². The van der Waals surface area contributed by atoms with Gasteiger partial charge in [0.1, 0.15) is 0 Å². The summed E-state index contributed by atoms with van der Waals surface area (Å²) in [6.07, 6.45) is 4.56. The predicted molar refractivity (Wildman–Crippen MR) is 62.8 cm³/mol. The molecule has 0 amide bonds. The highest BCUT2D eigenvalue weighted by Crippen LogP contribution is 2.42. The lowest BCUT2D eigenvalue weighted by Crippen LogP contribution is -2.46. The lowest BCUT2D eigenvalue weighted by molar-refractivity contribution is 0.143. The molecular weight excluding hydrogens is 196 g/mol. The fourth-order valence-electron chi connectivity index (χ4n) is 3.32. The molecule has 1 aliphatic carbocycles. The predicted octanol–water partition coefficient (Wildman–Crippen LogP) is 2.52. The van der Waals surface area contributed by atoms with Crippen LogP contribution in [-0.2, 0) is 6.42 Å². The van der Waals surface area contributed by atoms with E-state index in [1.165, 1.54) is 11.1 Å². The van der Waals surface area contributed by atoms with Crippen molar-refractivity contribution in [1.29, 1.82) is 5.26 Å². The Kier molecular flexibility index (Phi) is 2.14. The number of nitrogens with zero attached hydrogens (tertiary/aromatic N) is 2. The number of piperidine rings is 1. The number of rotatable bonds is 0. The van der Waals surface area contributed by atoms with E-state index in [1.807, 2.05) is 4.90 Å². The number of hydrogen-bond acceptors (Lipinski definition) is 2. The highest BCUT2D eigenvalue weighted by atomic mass is 15.2. The van der Waals surface area contributed by atoms with E-state index in [0.717, 1.165) is 19.4 Å². The van der Waals surface area contributed by atoms with Gasteiger partial charge in [-0.25, -0.2) is 0 Å². The normalized spacial score (nSPS) is 31.8. The zero-order valence-corrected chi connectivity index (χ0v) is 9.56. The van der Waals surface area contributed by atoms with Gasteiger partial charge in [0.2, 0.25) is 0 Å². The second-order valence-electron chi connectivity index (χ2n) is 5.13. The van der Waals surface area contributed by atoms with Crippen molar-refractivity contribution in [3.63, 3.8) is 0 Å². The molecule has 82 valence electrons. The maximum Gasteiger partial charge on any atom is 0.179 e. The van der Waals surface area contributed by atoms with E-state index >= 15 is 0 Å². The average Bonchev–Trinajstić information content (AvgIpc) is 2.33. The first kappa shape index (κ1) is 9.72. The van der Waals surface area contributed by atoms with E-state index in [2.05, 4.69) is 37.4 Å². The third kappa shape index (κ3) is 1.31. The van der Waals surface area contributed by atoms with Gasteiger partial charge in [0, 0.05) is 12.6 Å². The Hall–Kier alpha value is -1.49. The smallest absolute Gasteiger partial charge is 0.179 e. The summed E-state index contributed by atoms with van der Waals surface area (Å²) < 4.78 is 0. The molecule has 0 aromatic heterocycles. The van der Waals surface area contributed by atoms with Crippen LogP contribution in [0.25, 0.3) is 0 Å². The Morgan fingerprint density at radius 3 is 3.00 bits per heavy atom. The first-order chi connectivity index (χ1) is 7.79. The van der Waals surface area contributed by atoms with E-state index in [4.69, 9.17) is 5.26 Å². The number of hydrogen-bond donors (Lipinski definition) is 0. The van der Waals surface area contributed by atoms with Crippen LogP contribution in [0.1, 0.15) is 30.4 Å². The molecule has 0 saturated carbocycles. The molecule has 1 fully saturated rings. The van der Waals surface area contributed by atoms with E-state index in [0.29, 0.717) is 17.9 Å². The zero-order valence-electron chi connectivity index (χ0n) is 9.56. The van der Waals surface area contributed by atoms with Crippen molar-refractivity contribution in [2.75, 3.05) is 6.54 Å². The highest BCUT2D eigenvalue weighted by molar-refractivity contribution is 5.35. The second-order valence-corrected chi connectivity index (χ2v) is 5.13. The van der Waals surface area contributed by atoms with Crippen LogP contribution in [0.15, 0.2) is 24.3 Å². The zero-order chi connectivity index (χ0) is 11.1. The van der Waals surface area contributed by atoms with Crippen LogP contribution in [0.5, 0.6) is 0 Å². The van der Waals surface area contributed by atoms with Crippen LogP contribution in [0.4, 0.5) is 0 Å². The minimum absolute atomic E-state index is 0.445. The molecule has 1 aromatic rings. The molecule has 1 aromatic carbocycles. The van der Waals surface area contributed by atoms with Crippen molar-refractivity contribution < 1.29 is 0 Å². The molecule has 2 bridgehead atoms. The van der Waals surface area contributed by atoms with E-state index < -0.39 is 0 Å². The third-order valence-corrected chi connectivity index (χ3v) is 4.18. The summed E-state index contributed by atoms with van der Waals surface area (Å²) in [5.74, 6) is 1.26. The molecule has 2 nitrogen and oxygen atoms in total. The summed E-state index contributed by atoms with van der Waals surface area (Å²) >= 11 is 0. The Morgan fingerprint density at radius 2 is 2.19 bits per heavy atom. The largest absolute Gasteiger partial charge is 0.307 e. The van der Waals surface area contributed by atoms with Crippen LogP contribution in [0, 0.1) is 17.4 Å². The Bertz CT molecular complexity index is 446. The SMILES string of the molecule is C[C@@H]1CN(C#N)[C@H]2Cc3ccccc3C1C2. The van der Waals surface area contributed by atoms with E-state index in [-0.39, 0.29) is 0 Å². The summed E-state index contributed by atoms with van der Waals surface area (Å²) in [6, 6.07) is 9.20. The Balaban J connectivity index is 2.03. The Morgan fingerprint density at radius 1 is 1.38 bits per heavy atom. The lowest BCUT2D eigenvalue weighted by Gasteiger charge is -2.45. The van der Waals surface area contributed by atoms with E-state index in [1.54, 1.807) is 0 Å². The molecule has 0 N–H and O–H groups in total. The van der Waals surface area contributed by atoms with Gasteiger partial charge in [-0.3, -0.25) is 0 Å². The van der Waals surface area contributed by atoms with Crippen LogP contribution < -0.4 is 0 Å². The van der Waals surface area contributed by atoms with Crippen LogP contribution >= 0.6 is 0 Å². The molecule has 2 aliphatic rings. The molecule has 1 saturated heterocycles. The standard InChI is InChI=1S/C14H16N2/c1-10-8-16(9-15)12-6-11-4-2-3-5-13(11)14(10)7-12/h2-5,10,12,14H,6-8H2,1H3/t10-,12+,14?/m1/s1. The van der Waals surface area contributed by atoms with Crippen molar-refractivity contribution in [2.24, 2.45) is 5.92 Å². The molecular formula is C14H16N2. The monoisotopic (exact) mass is 212 g/mol. The maximum atomic E-state index is 9.14. The molecule has 2 heteroatoms. The summed E-state index contributed by atoms with van der Waals surface area (Å²) in [7, 11) is 0. The number of fused-ring (bicyclic) bond motifs is 4. The number of likely N-dealkylation sites (tertiary alicyclic amines) is 1. The molecule has 1 unspecified atom stereocenters. The van der Waals surface area contributed by atoms with Gasteiger partial charge in [-0.15, -0.1) is 0 Å². The van der Waals surface area contributed by atoms with Gasteiger partial charge in [-0.05, 0) is 35.8 Å². The maximum absolute atomic E-state index is 9.14. The van der Waals surface area contributed by atoms with Gasteiger partial charge in [-0.2, -0.15) is 5.26 Å². The average molecular weight is 212 g/mol. The van der Waals surface area contributed by atoms with Crippen LogP contribution in [-0.4, -0.2) is 17.5 Å². The van der Waals surface area contributed by atoms with Gasteiger partial charge in [0.05, 0.1) is 0 Å². The number of nitriles is 1. The first-order valence-electron chi connectivity index (χ1n) is 6.03. The third-order valence-electron chi connectivity index (χ3n) is 4.18. The number of benzene rings is 1. The quantitative estimate of drug-likeness (QED) is 0.618. The minimum Gasteiger partial charge on any atom is -0.307 e. The van der Waals surface area contributed by atoms with Gasteiger partial charge in [-0.1, -0.05) is 31.2 Å². The molecule has 3 rings (SSSR count). The molecule has 16 heavy (non-hydrogen) atoms. The van der Waals surface area contributed by atoms with Gasteiger partial charge < -0.3 is 4.90 Å². The summed E-state index contributed by atoms with van der Waals surface area (Å²) in [6.45, 7) is 3.20. The topological polar surface area (TPSA) is 27.0 Å². The van der Waals surface area contributed by atoms with Gasteiger partial charge in [0.25, 0.3) is 0 Å². The molecule has 0 radical (unpaired) electrons. The molecule has 1 heterocycles. The van der Waals surface area contributed by atoms with Crippen molar-refractivity contribution in [3.8, 4) is 6.19 Å². The molecule has 0 spiro atoms. The first-order valence-corrected chi connectivity index (χ1v) is 6.03. The van der Waals surface area contributed by atoms with Gasteiger partial charge in [0.15, 0.2) is 6.19 Å². The summed E-state index contributed by atoms with van der Waals surface area (Å²) in [5, 5.41) is 9.14. The van der Waals surface area contributed by atoms with E-state index in [9.17, 15) is 0 Å². The molecule has 3 atom stereocenters.